The molecule has 0 spiro atoms. The summed E-state index contributed by atoms with van der Waals surface area (Å²) in [5, 5.41) is 0.936. The van der Waals surface area contributed by atoms with Crippen LogP contribution in [0, 0.1) is 0 Å². The molecule has 1 aromatic heterocycles. The van der Waals surface area contributed by atoms with Gasteiger partial charge >= 0.3 is 0 Å². The van der Waals surface area contributed by atoms with Crippen molar-refractivity contribution in [2.24, 2.45) is 0 Å². The molecule has 1 aromatic rings. The van der Waals surface area contributed by atoms with E-state index in [0.29, 0.717) is 12.4 Å². The summed E-state index contributed by atoms with van der Waals surface area (Å²) >= 11 is 3.42. The van der Waals surface area contributed by atoms with Crippen molar-refractivity contribution in [1.82, 2.24) is 9.55 Å². The van der Waals surface area contributed by atoms with Gasteiger partial charge in [0.15, 0.2) is 5.82 Å². The number of rotatable bonds is 6. The molecule has 0 fully saturated rings. The Balaban J connectivity index is 3.05. The Morgan fingerprint density at radius 1 is 1.53 bits per heavy atom. The number of halogens is 1. The van der Waals surface area contributed by atoms with E-state index in [2.05, 4.69) is 39.7 Å². The highest BCUT2D eigenvalue weighted by atomic mass is 79.9. The first kappa shape index (κ1) is 14.2. The maximum atomic E-state index is 12.2. The molecule has 96 valence electrons. The van der Waals surface area contributed by atoms with Gasteiger partial charge in [0.1, 0.15) is 0 Å². The minimum Gasteiger partial charge on any atom is -0.350 e. The third-order valence-corrected chi connectivity index (χ3v) is 3.23. The van der Waals surface area contributed by atoms with Gasteiger partial charge in [-0.1, -0.05) is 15.9 Å². The highest BCUT2D eigenvalue weighted by molar-refractivity contribution is 9.09. The summed E-state index contributed by atoms with van der Waals surface area (Å²) in [6.45, 7) is 7.65. The van der Waals surface area contributed by atoms with Crippen molar-refractivity contribution in [2.75, 3.05) is 16.8 Å². The Morgan fingerprint density at radius 3 is 2.76 bits per heavy atom. The average molecular weight is 302 g/mol. The highest BCUT2D eigenvalue weighted by Gasteiger charge is 2.15. The molecule has 0 aliphatic carbocycles. The van der Waals surface area contributed by atoms with Gasteiger partial charge in [0.25, 0.3) is 5.56 Å². The van der Waals surface area contributed by atoms with Gasteiger partial charge in [-0.3, -0.25) is 4.79 Å². The summed E-state index contributed by atoms with van der Waals surface area (Å²) in [7, 11) is 0. The molecule has 0 unspecified atom stereocenters. The van der Waals surface area contributed by atoms with Gasteiger partial charge in [0.2, 0.25) is 0 Å². The standard InChI is InChI=1S/C12H20BrN3O/c1-4-15-9-7-14-11(12(15)17)16(10(2)3)8-5-6-13/h7,9-10H,4-6,8H2,1-3H3. The molecule has 0 aromatic carbocycles. The van der Waals surface area contributed by atoms with E-state index in [1.165, 1.54) is 0 Å². The van der Waals surface area contributed by atoms with Crippen molar-refractivity contribution in [3.63, 3.8) is 0 Å². The van der Waals surface area contributed by atoms with Crippen LogP contribution in [0.1, 0.15) is 27.2 Å². The number of aryl methyl sites for hydroxylation is 1. The molecule has 5 heteroatoms. The van der Waals surface area contributed by atoms with Crippen LogP contribution in [0.3, 0.4) is 0 Å². The topological polar surface area (TPSA) is 38.1 Å². The molecular weight excluding hydrogens is 282 g/mol. The first-order valence-corrected chi connectivity index (χ1v) is 7.12. The van der Waals surface area contributed by atoms with Crippen LogP contribution in [-0.2, 0) is 6.54 Å². The van der Waals surface area contributed by atoms with Crippen LogP contribution >= 0.6 is 15.9 Å². The van der Waals surface area contributed by atoms with Gasteiger partial charge in [-0.15, -0.1) is 0 Å². The van der Waals surface area contributed by atoms with Gasteiger partial charge in [-0.25, -0.2) is 4.98 Å². The Hall–Kier alpha value is -0.840. The van der Waals surface area contributed by atoms with E-state index in [0.717, 1.165) is 18.3 Å². The third-order valence-electron chi connectivity index (χ3n) is 2.66. The second kappa shape index (κ2) is 6.79. The van der Waals surface area contributed by atoms with E-state index in [4.69, 9.17) is 0 Å². The number of hydrogen-bond donors (Lipinski definition) is 0. The van der Waals surface area contributed by atoms with Gasteiger partial charge in [0, 0.05) is 36.9 Å². The van der Waals surface area contributed by atoms with E-state index in [1.54, 1.807) is 17.0 Å². The molecule has 0 aliphatic rings. The number of nitrogens with zero attached hydrogens (tertiary/aromatic N) is 3. The van der Waals surface area contributed by atoms with E-state index >= 15 is 0 Å². The first-order chi connectivity index (χ1) is 8.11. The minimum absolute atomic E-state index is 0.00160. The third kappa shape index (κ3) is 3.56. The van der Waals surface area contributed by atoms with Crippen molar-refractivity contribution in [3.8, 4) is 0 Å². The van der Waals surface area contributed by atoms with E-state index in [9.17, 15) is 4.79 Å². The molecule has 0 amide bonds. The zero-order chi connectivity index (χ0) is 12.8. The fourth-order valence-corrected chi connectivity index (χ4v) is 1.97. The molecule has 0 bridgehead atoms. The number of anilines is 1. The van der Waals surface area contributed by atoms with Crippen LogP contribution in [0.4, 0.5) is 5.82 Å². The lowest BCUT2D eigenvalue weighted by molar-refractivity contribution is 0.641. The Morgan fingerprint density at radius 2 is 2.24 bits per heavy atom. The first-order valence-electron chi connectivity index (χ1n) is 5.99. The summed E-state index contributed by atoms with van der Waals surface area (Å²) in [5.41, 5.74) is -0.00160. The lowest BCUT2D eigenvalue weighted by Crippen LogP contribution is -2.38. The molecular formula is C12H20BrN3O. The van der Waals surface area contributed by atoms with Gasteiger partial charge in [0.05, 0.1) is 0 Å². The Labute approximate surface area is 111 Å². The summed E-state index contributed by atoms with van der Waals surface area (Å²) in [6, 6.07) is 0.280. The van der Waals surface area contributed by atoms with Crippen LogP contribution in [0.25, 0.3) is 0 Å². The normalized spacial score (nSPS) is 10.9. The van der Waals surface area contributed by atoms with Crippen molar-refractivity contribution in [2.45, 2.75) is 39.8 Å². The molecule has 0 aliphatic heterocycles. The van der Waals surface area contributed by atoms with Crippen LogP contribution in [0.5, 0.6) is 0 Å². The van der Waals surface area contributed by atoms with Crippen LogP contribution in [0.15, 0.2) is 17.2 Å². The summed E-state index contributed by atoms with van der Waals surface area (Å²) in [5.74, 6) is 0.560. The molecule has 0 radical (unpaired) electrons. The number of alkyl halides is 1. The average Bonchev–Trinajstić information content (AvgIpc) is 2.31. The molecule has 0 saturated carbocycles. The van der Waals surface area contributed by atoms with Gasteiger partial charge < -0.3 is 9.47 Å². The summed E-state index contributed by atoms with van der Waals surface area (Å²) in [6.07, 6.45) is 4.43. The summed E-state index contributed by atoms with van der Waals surface area (Å²) < 4.78 is 1.69. The maximum absolute atomic E-state index is 12.2. The van der Waals surface area contributed by atoms with E-state index in [-0.39, 0.29) is 11.6 Å². The van der Waals surface area contributed by atoms with Crippen LogP contribution in [0.2, 0.25) is 0 Å². The number of hydrogen-bond acceptors (Lipinski definition) is 3. The zero-order valence-corrected chi connectivity index (χ0v) is 12.3. The lowest BCUT2D eigenvalue weighted by Gasteiger charge is -2.27. The smallest absolute Gasteiger partial charge is 0.293 e. The van der Waals surface area contributed by atoms with Gasteiger partial charge in [-0.05, 0) is 27.2 Å². The van der Waals surface area contributed by atoms with E-state index in [1.807, 2.05) is 6.92 Å². The molecule has 0 atom stereocenters. The van der Waals surface area contributed by atoms with Crippen molar-refractivity contribution >= 4 is 21.7 Å². The Bertz CT molecular complexity index is 403. The molecule has 0 saturated heterocycles. The Kier molecular flexibility index (Phi) is 5.68. The predicted octanol–water partition coefficient (Wildman–Crippen LogP) is 2.26. The van der Waals surface area contributed by atoms with Crippen molar-refractivity contribution < 1.29 is 0 Å². The SMILES string of the molecule is CCn1ccnc(N(CCCBr)C(C)C)c1=O. The minimum atomic E-state index is -0.00160. The van der Waals surface area contributed by atoms with Crippen LogP contribution < -0.4 is 10.5 Å². The fourth-order valence-electron chi connectivity index (χ4n) is 1.72. The van der Waals surface area contributed by atoms with Gasteiger partial charge in [-0.2, -0.15) is 0 Å². The van der Waals surface area contributed by atoms with E-state index < -0.39 is 0 Å². The van der Waals surface area contributed by atoms with Crippen molar-refractivity contribution in [3.05, 3.63) is 22.7 Å². The quantitative estimate of drug-likeness (QED) is 0.757. The molecule has 17 heavy (non-hydrogen) atoms. The second-order valence-electron chi connectivity index (χ2n) is 4.17. The molecule has 0 N–H and O–H groups in total. The highest BCUT2D eigenvalue weighted by Crippen LogP contribution is 2.09. The lowest BCUT2D eigenvalue weighted by atomic mass is 10.3. The molecule has 1 heterocycles. The number of aromatic nitrogens is 2. The maximum Gasteiger partial charge on any atom is 0.293 e. The monoisotopic (exact) mass is 301 g/mol. The molecule has 1 rings (SSSR count). The van der Waals surface area contributed by atoms with Crippen molar-refractivity contribution in [1.29, 1.82) is 0 Å². The zero-order valence-electron chi connectivity index (χ0n) is 10.7. The van der Waals surface area contributed by atoms with Crippen LogP contribution in [-0.4, -0.2) is 27.5 Å². The summed E-state index contributed by atoms with van der Waals surface area (Å²) in [4.78, 5) is 18.5. The predicted molar refractivity (Wildman–Crippen MR) is 75.1 cm³/mol. The molecule has 4 nitrogen and oxygen atoms in total. The second-order valence-corrected chi connectivity index (χ2v) is 4.96. The fraction of sp³-hybridized carbons (Fsp3) is 0.667. The largest absolute Gasteiger partial charge is 0.350 e.